The number of ketones is 1. The smallest absolute Gasteiger partial charge is 0.137 e. The van der Waals surface area contributed by atoms with E-state index in [1.165, 1.54) is 19.3 Å². The van der Waals surface area contributed by atoms with Crippen LogP contribution in [0.4, 0.5) is 0 Å². The van der Waals surface area contributed by atoms with Gasteiger partial charge in [0, 0.05) is 17.9 Å². The number of rotatable bonds is 3. The molecule has 0 saturated heterocycles. The van der Waals surface area contributed by atoms with E-state index in [1.54, 1.807) is 0 Å². The van der Waals surface area contributed by atoms with E-state index in [-0.39, 0.29) is 5.54 Å². The van der Waals surface area contributed by atoms with E-state index >= 15 is 0 Å². The Bertz CT molecular complexity index is 281. The topological polar surface area (TPSA) is 43.1 Å². The second-order valence-corrected chi connectivity index (χ2v) is 6.68. The van der Waals surface area contributed by atoms with E-state index < -0.39 is 0 Å². The fourth-order valence-electron chi connectivity index (χ4n) is 3.59. The van der Waals surface area contributed by atoms with Crippen molar-refractivity contribution in [3.8, 4) is 0 Å². The lowest BCUT2D eigenvalue weighted by atomic mass is 9.72. The molecule has 98 valence electrons. The maximum Gasteiger partial charge on any atom is 0.137 e. The number of Topliss-reactive ketones (excluding diaryl/α,β-unsaturated/α-hetero) is 1. The minimum Gasteiger partial charge on any atom is -0.325 e. The average Bonchev–Trinajstić information content (AvgIpc) is 2.69. The van der Waals surface area contributed by atoms with Gasteiger partial charge >= 0.3 is 0 Å². The molecule has 2 rings (SSSR count). The van der Waals surface area contributed by atoms with Crippen LogP contribution in [-0.4, -0.2) is 11.3 Å². The second-order valence-electron chi connectivity index (χ2n) is 6.68. The number of nitrogens with two attached hydrogens (primary N) is 1. The fraction of sp³-hybridized carbons (Fsp3) is 0.933. The van der Waals surface area contributed by atoms with E-state index in [0.717, 1.165) is 31.6 Å². The van der Waals surface area contributed by atoms with Crippen LogP contribution in [0.15, 0.2) is 0 Å². The minimum absolute atomic E-state index is 0.149. The van der Waals surface area contributed by atoms with Crippen molar-refractivity contribution in [3.05, 3.63) is 0 Å². The quantitative estimate of drug-likeness (QED) is 0.818. The Morgan fingerprint density at radius 3 is 2.41 bits per heavy atom. The van der Waals surface area contributed by atoms with Crippen LogP contribution in [0, 0.1) is 17.8 Å². The lowest BCUT2D eigenvalue weighted by molar-refractivity contribution is -0.125. The van der Waals surface area contributed by atoms with Crippen molar-refractivity contribution < 1.29 is 4.79 Å². The molecule has 0 aromatic carbocycles. The summed E-state index contributed by atoms with van der Waals surface area (Å²) in [7, 11) is 0. The first-order valence-corrected chi connectivity index (χ1v) is 7.32. The van der Waals surface area contributed by atoms with Gasteiger partial charge in [0.1, 0.15) is 5.78 Å². The van der Waals surface area contributed by atoms with E-state index in [4.69, 9.17) is 5.73 Å². The summed E-state index contributed by atoms with van der Waals surface area (Å²) in [5, 5.41) is 0. The molecular formula is C15H27NO. The van der Waals surface area contributed by atoms with Crippen LogP contribution in [0.25, 0.3) is 0 Å². The standard InChI is InChI=1S/C15H27NO/c1-11-5-6-13(9-12(11)2)14(17)10-15(16)7-3-4-8-15/h11-13H,3-10,16H2,1-2H3. The molecule has 0 radical (unpaired) electrons. The molecule has 2 aliphatic rings. The Kier molecular flexibility index (Phi) is 3.92. The molecule has 0 spiro atoms. The number of hydrogen-bond acceptors (Lipinski definition) is 2. The van der Waals surface area contributed by atoms with Crippen LogP contribution in [0.1, 0.15) is 65.2 Å². The van der Waals surface area contributed by atoms with Gasteiger partial charge < -0.3 is 5.73 Å². The van der Waals surface area contributed by atoms with Gasteiger partial charge in [0.2, 0.25) is 0 Å². The SMILES string of the molecule is CC1CCC(C(=O)CC2(N)CCCC2)CC1C. The van der Waals surface area contributed by atoms with Crippen molar-refractivity contribution in [1.82, 2.24) is 0 Å². The van der Waals surface area contributed by atoms with Gasteiger partial charge in [-0.05, 0) is 43.9 Å². The van der Waals surface area contributed by atoms with Crippen molar-refractivity contribution in [2.75, 3.05) is 0 Å². The number of carbonyl (C=O) groups is 1. The van der Waals surface area contributed by atoms with Gasteiger partial charge in [0.05, 0.1) is 0 Å². The normalized spacial score (nSPS) is 37.0. The number of carbonyl (C=O) groups excluding carboxylic acids is 1. The maximum atomic E-state index is 12.3. The molecule has 2 fully saturated rings. The first kappa shape index (κ1) is 13.1. The molecule has 17 heavy (non-hydrogen) atoms. The van der Waals surface area contributed by atoms with Gasteiger partial charge in [0.25, 0.3) is 0 Å². The maximum absolute atomic E-state index is 12.3. The molecule has 0 heterocycles. The molecule has 0 aromatic heterocycles. The van der Waals surface area contributed by atoms with E-state index in [2.05, 4.69) is 13.8 Å². The van der Waals surface area contributed by atoms with Crippen LogP contribution in [0.5, 0.6) is 0 Å². The summed E-state index contributed by atoms with van der Waals surface area (Å²) < 4.78 is 0. The molecule has 2 nitrogen and oxygen atoms in total. The van der Waals surface area contributed by atoms with Gasteiger partial charge in [0.15, 0.2) is 0 Å². The van der Waals surface area contributed by atoms with Crippen LogP contribution < -0.4 is 5.73 Å². The highest BCUT2D eigenvalue weighted by Crippen LogP contribution is 2.37. The van der Waals surface area contributed by atoms with Crippen LogP contribution in [0.2, 0.25) is 0 Å². The second kappa shape index (κ2) is 5.09. The zero-order valence-corrected chi connectivity index (χ0v) is 11.4. The summed E-state index contributed by atoms with van der Waals surface area (Å²) in [6, 6.07) is 0. The van der Waals surface area contributed by atoms with Crippen molar-refractivity contribution in [3.63, 3.8) is 0 Å². The molecule has 0 aromatic rings. The highest BCUT2D eigenvalue weighted by Gasteiger charge is 2.36. The van der Waals surface area contributed by atoms with Crippen molar-refractivity contribution >= 4 is 5.78 Å². The summed E-state index contributed by atoms with van der Waals surface area (Å²) >= 11 is 0. The van der Waals surface area contributed by atoms with Gasteiger partial charge in [-0.25, -0.2) is 0 Å². The third-order valence-electron chi connectivity index (χ3n) is 5.18. The molecule has 3 atom stereocenters. The molecule has 2 N–H and O–H groups in total. The lowest BCUT2D eigenvalue weighted by Gasteiger charge is -2.33. The zero-order chi connectivity index (χ0) is 12.5. The Morgan fingerprint density at radius 1 is 1.18 bits per heavy atom. The Morgan fingerprint density at radius 2 is 1.82 bits per heavy atom. The molecule has 3 unspecified atom stereocenters. The van der Waals surface area contributed by atoms with Crippen molar-refractivity contribution in [2.24, 2.45) is 23.5 Å². The van der Waals surface area contributed by atoms with Crippen molar-refractivity contribution in [1.29, 1.82) is 0 Å². The van der Waals surface area contributed by atoms with Gasteiger partial charge in [-0.15, -0.1) is 0 Å². The lowest BCUT2D eigenvalue weighted by Crippen LogP contribution is -2.41. The molecule has 2 aliphatic carbocycles. The molecular weight excluding hydrogens is 210 g/mol. The van der Waals surface area contributed by atoms with E-state index in [1.807, 2.05) is 0 Å². The van der Waals surface area contributed by atoms with Crippen molar-refractivity contribution in [2.45, 2.75) is 70.8 Å². The molecule has 0 aliphatic heterocycles. The van der Waals surface area contributed by atoms with Gasteiger partial charge in [-0.1, -0.05) is 26.7 Å². The summed E-state index contributed by atoms with van der Waals surface area (Å²) in [5.41, 5.74) is 6.16. The highest BCUT2D eigenvalue weighted by molar-refractivity contribution is 5.82. The van der Waals surface area contributed by atoms with Crippen LogP contribution >= 0.6 is 0 Å². The highest BCUT2D eigenvalue weighted by atomic mass is 16.1. The monoisotopic (exact) mass is 237 g/mol. The van der Waals surface area contributed by atoms with Gasteiger partial charge in [-0.2, -0.15) is 0 Å². The predicted molar refractivity (Wildman–Crippen MR) is 70.7 cm³/mol. The van der Waals surface area contributed by atoms with E-state index in [9.17, 15) is 4.79 Å². The van der Waals surface area contributed by atoms with Gasteiger partial charge in [-0.3, -0.25) is 4.79 Å². The largest absolute Gasteiger partial charge is 0.325 e. The van der Waals surface area contributed by atoms with Crippen LogP contribution in [-0.2, 0) is 4.79 Å². The third kappa shape index (κ3) is 3.09. The fourth-order valence-corrected chi connectivity index (χ4v) is 3.59. The molecule has 0 amide bonds. The molecule has 2 saturated carbocycles. The summed E-state index contributed by atoms with van der Waals surface area (Å²) in [6.45, 7) is 4.60. The Balaban J connectivity index is 1.88. The third-order valence-corrected chi connectivity index (χ3v) is 5.18. The predicted octanol–water partition coefficient (Wildman–Crippen LogP) is 3.29. The first-order chi connectivity index (χ1) is 8.00. The first-order valence-electron chi connectivity index (χ1n) is 7.32. The minimum atomic E-state index is -0.149. The summed E-state index contributed by atoms with van der Waals surface area (Å²) in [4.78, 5) is 12.3. The average molecular weight is 237 g/mol. The number of hydrogen-bond donors (Lipinski definition) is 1. The van der Waals surface area contributed by atoms with E-state index in [0.29, 0.717) is 24.0 Å². The summed E-state index contributed by atoms with van der Waals surface area (Å²) in [6.07, 6.45) is 8.57. The van der Waals surface area contributed by atoms with Crippen LogP contribution in [0.3, 0.4) is 0 Å². The summed E-state index contributed by atoms with van der Waals surface area (Å²) in [5.74, 6) is 2.25. The zero-order valence-electron chi connectivity index (χ0n) is 11.4. The molecule has 0 bridgehead atoms. The Hall–Kier alpha value is -0.370. The molecule has 2 heteroatoms. The Labute approximate surface area is 105 Å².